The standard InChI is InChI=1S/C16H17N3O2/c1-5-6-19-16(17)13(9-20)15(18-19)14-10(2)7-12(21-4)8-11(14)3/h1,7-9H,6,17H2,2-4H3. The molecular weight excluding hydrogens is 266 g/mol. The predicted octanol–water partition coefficient (Wildman–Crippen LogP) is 2.20. The smallest absolute Gasteiger partial charge is 0.156 e. The number of aldehydes is 1. The van der Waals surface area contributed by atoms with E-state index in [9.17, 15) is 4.79 Å². The highest BCUT2D eigenvalue weighted by Gasteiger charge is 2.19. The molecule has 108 valence electrons. The van der Waals surface area contributed by atoms with Crippen molar-refractivity contribution in [3.63, 3.8) is 0 Å². The Morgan fingerprint density at radius 1 is 1.43 bits per heavy atom. The van der Waals surface area contributed by atoms with Crippen LogP contribution in [0.1, 0.15) is 21.5 Å². The lowest BCUT2D eigenvalue weighted by atomic mass is 9.97. The number of nitrogens with two attached hydrogens (primary N) is 1. The minimum Gasteiger partial charge on any atom is -0.497 e. The van der Waals surface area contributed by atoms with Crippen LogP contribution in [-0.2, 0) is 6.54 Å². The Labute approximate surface area is 123 Å². The zero-order valence-electron chi connectivity index (χ0n) is 12.3. The van der Waals surface area contributed by atoms with Crippen LogP contribution in [0, 0.1) is 26.2 Å². The number of aromatic nitrogens is 2. The molecule has 0 amide bonds. The molecule has 1 heterocycles. The molecule has 2 aromatic rings. The second-order valence-electron chi connectivity index (χ2n) is 4.76. The molecule has 0 spiro atoms. The van der Waals surface area contributed by atoms with Crippen molar-refractivity contribution in [3.8, 4) is 29.4 Å². The SMILES string of the molecule is C#CCn1nc(-c2c(C)cc(OC)cc2C)c(C=O)c1N. The van der Waals surface area contributed by atoms with Gasteiger partial charge in [0.2, 0.25) is 0 Å². The van der Waals surface area contributed by atoms with Crippen molar-refractivity contribution in [2.75, 3.05) is 12.8 Å². The minimum atomic E-state index is 0.223. The highest BCUT2D eigenvalue weighted by atomic mass is 16.5. The van der Waals surface area contributed by atoms with E-state index in [1.165, 1.54) is 4.68 Å². The number of aryl methyl sites for hydroxylation is 2. The number of carbonyl (C=O) groups excluding carboxylic acids is 1. The van der Waals surface area contributed by atoms with Crippen LogP contribution in [0.2, 0.25) is 0 Å². The Bertz CT molecular complexity index is 716. The van der Waals surface area contributed by atoms with Gasteiger partial charge in [-0.15, -0.1) is 6.42 Å². The maximum Gasteiger partial charge on any atom is 0.156 e. The van der Waals surface area contributed by atoms with Gasteiger partial charge in [0.1, 0.15) is 23.8 Å². The van der Waals surface area contributed by atoms with Gasteiger partial charge in [-0.1, -0.05) is 5.92 Å². The first-order valence-corrected chi connectivity index (χ1v) is 6.44. The first kappa shape index (κ1) is 14.7. The van der Waals surface area contributed by atoms with E-state index in [0.717, 1.165) is 22.4 Å². The molecule has 2 rings (SSSR count). The van der Waals surface area contributed by atoms with Crippen molar-refractivity contribution in [2.45, 2.75) is 20.4 Å². The molecule has 0 radical (unpaired) electrons. The van der Waals surface area contributed by atoms with Crippen LogP contribution < -0.4 is 10.5 Å². The highest BCUT2D eigenvalue weighted by molar-refractivity contribution is 5.93. The zero-order chi connectivity index (χ0) is 15.6. The number of anilines is 1. The van der Waals surface area contributed by atoms with Crippen LogP contribution >= 0.6 is 0 Å². The number of hydrogen-bond acceptors (Lipinski definition) is 4. The molecule has 21 heavy (non-hydrogen) atoms. The van der Waals surface area contributed by atoms with E-state index in [2.05, 4.69) is 11.0 Å². The van der Waals surface area contributed by atoms with Gasteiger partial charge in [-0.2, -0.15) is 5.10 Å². The minimum absolute atomic E-state index is 0.223. The van der Waals surface area contributed by atoms with E-state index in [-0.39, 0.29) is 12.4 Å². The summed E-state index contributed by atoms with van der Waals surface area (Å²) in [7, 11) is 1.62. The first-order valence-electron chi connectivity index (χ1n) is 6.44. The monoisotopic (exact) mass is 283 g/mol. The van der Waals surface area contributed by atoms with Crippen LogP contribution in [0.3, 0.4) is 0 Å². The molecule has 0 atom stereocenters. The summed E-state index contributed by atoms with van der Waals surface area (Å²) in [6.45, 7) is 4.10. The van der Waals surface area contributed by atoms with Crippen molar-refractivity contribution in [2.24, 2.45) is 0 Å². The van der Waals surface area contributed by atoms with E-state index >= 15 is 0 Å². The normalized spacial score (nSPS) is 10.2. The molecule has 1 aromatic carbocycles. The van der Waals surface area contributed by atoms with Gasteiger partial charge in [0.25, 0.3) is 0 Å². The summed E-state index contributed by atoms with van der Waals surface area (Å²) in [6.07, 6.45) is 6.01. The summed E-state index contributed by atoms with van der Waals surface area (Å²) in [5.74, 6) is 3.52. The predicted molar refractivity (Wildman–Crippen MR) is 82.3 cm³/mol. The van der Waals surface area contributed by atoms with E-state index in [1.54, 1.807) is 7.11 Å². The lowest BCUT2D eigenvalue weighted by Gasteiger charge is -2.10. The molecule has 0 aliphatic rings. The van der Waals surface area contributed by atoms with E-state index in [1.807, 2.05) is 26.0 Å². The molecule has 0 fully saturated rings. The van der Waals surface area contributed by atoms with Gasteiger partial charge < -0.3 is 10.5 Å². The van der Waals surface area contributed by atoms with Gasteiger partial charge in [0.15, 0.2) is 6.29 Å². The number of terminal acetylenes is 1. The Kier molecular flexibility index (Phi) is 3.99. The summed E-state index contributed by atoms with van der Waals surface area (Å²) in [5, 5.41) is 4.39. The maximum atomic E-state index is 11.4. The second-order valence-corrected chi connectivity index (χ2v) is 4.76. The average Bonchev–Trinajstić information content (AvgIpc) is 2.75. The lowest BCUT2D eigenvalue weighted by Crippen LogP contribution is -2.03. The molecule has 0 bridgehead atoms. The largest absolute Gasteiger partial charge is 0.497 e. The molecule has 1 aromatic heterocycles. The van der Waals surface area contributed by atoms with Gasteiger partial charge in [0.05, 0.1) is 12.7 Å². The maximum absolute atomic E-state index is 11.4. The third-order valence-electron chi connectivity index (χ3n) is 3.37. The Balaban J connectivity index is 2.70. The molecule has 0 unspecified atom stereocenters. The van der Waals surface area contributed by atoms with Gasteiger partial charge >= 0.3 is 0 Å². The van der Waals surface area contributed by atoms with Crippen LogP contribution in [0.5, 0.6) is 5.75 Å². The molecule has 5 heteroatoms. The third kappa shape index (κ3) is 2.48. The summed E-state index contributed by atoms with van der Waals surface area (Å²) in [6, 6.07) is 3.79. The van der Waals surface area contributed by atoms with E-state index in [0.29, 0.717) is 17.5 Å². The summed E-state index contributed by atoms with van der Waals surface area (Å²) in [5.41, 5.74) is 9.65. The fourth-order valence-electron chi connectivity index (χ4n) is 2.41. The lowest BCUT2D eigenvalue weighted by molar-refractivity contribution is 0.112. The molecule has 0 aliphatic carbocycles. The van der Waals surface area contributed by atoms with Crippen molar-refractivity contribution < 1.29 is 9.53 Å². The van der Waals surface area contributed by atoms with Crippen LogP contribution in [0.15, 0.2) is 12.1 Å². The Hall–Kier alpha value is -2.74. The van der Waals surface area contributed by atoms with Crippen molar-refractivity contribution in [1.82, 2.24) is 9.78 Å². The molecular formula is C16H17N3O2. The number of benzene rings is 1. The Morgan fingerprint density at radius 3 is 2.52 bits per heavy atom. The molecule has 5 nitrogen and oxygen atoms in total. The second kappa shape index (κ2) is 5.71. The number of ether oxygens (including phenoxy) is 1. The van der Waals surface area contributed by atoms with Gasteiger partial charge in [-0.05, 0) is 37.1 Å². The van der Waals surface area contributed by atoms with Crippen molar-refractivity contribution in [1.29, 1.82) is 0 Å². The molecule has 0 aliphatic heterocycles. The van der Waals surface area contributed by atoms with Crippen LogP contribution in [-0.4, -0.2) is 23.2 Å². The number of rotatable bonds is 4. The first-order chi connectivity index (χ1) is 10.0. The Morgan fingerprint density at radius 2 is 2.05 bits per heavy atom. The topological polar surface area (TPSA) is 70.1 Å². The van der Waals surface area contributed by atoms with E-state index < -0.39 is 0 Å². The average molecular weight is 283 g/mol. The molecule has 2 N–H and O–H groups in total. The van der Waals surface area contributed by atoms with Gasteiger partial charge in [0, 0.05) is 5.56 Å². The zero-order valence-corrected chi connectivity index (χ0v) is 12.3. The summed E-state index contributed by atoms with van der Waals surface area (Å²) >= 11 is 0. The summed E-state index contributed by atoms with van der Waals surface area (Å²) in [4.78, 5) is 11.4. The molecule has 0 saturated heterocycles. The van der Waals surface area contributed by atoms with Crippen molar-refractivity contribution in [3.05, 3.63) is 28.8 Å². The van der Waals surface area contributed by atoms with Gasteiger partial charge in [-0.3, -0.25) is 4.79 Å². The quantitative estimate of drug-likeness (QED) is 0.690. The van der Waals surface area contributed by atoms with E-state index in [4.69, 9.17) is 16.9 Å². The van der Waals surface area contributed by atoms with Crippen LogP contribution in [0.4, 0.5) is 5.82 Å². The fraction of sp³-hybridized carbons (Fsp3) is 0.250. The molecule has 0 saturated carbocycles. The number of methoxy groups -OCH3 is 1. The number of hydrogen-bond donors (Lipinski definition) is 1. The highest BCUT2D eigenvalue weighted by Crippen LogP contribution is 2.33. The van der Waals surface area contributed by atoms with Crippen LogP contribution in [0.25, 0.3) is 11.3 Å². The number of carbonyl (C=O) groups is 1. The van der Waals surface area contributed by atoms with Gasteiger partial charge in [-0.25, -0.2) is 4.68 Å². The third-order valence-corrected chi connectivity index (χ3v) is 3.37. The number of nitrogen functional groups attached to an aromatic ring is 1. The van der Waals surface area contributed by atoms with Crippen molar-refractivity contribution >= 4 is 12.1 Å². The summed E-state index contributed by atoms with van der Waals surface area (Å²) < 4.78 is 6.70. The fourth-order valence-corrected chi connectivity index (χ4v) is 2.41. The number of nitrogens with zero attached hydrogens (tertiary/aromatic N) is 2.